The Morgan fingerprint density at radius 2 is 2.29 bits per heavy atom. The van der Waals surface area contributed by atoms with E-state index in [9.17, 15) is 4.79 Å². The van der Waals surface area contributed by atoms with Crippen LogP contribution in [0, 0.1) is 0 Å². The highest BCUT2D eigenvalue weighted by molar-refractivity contribution is 7.17. The highest BCUT2D eigenvalue weighted by Gasteiger charge is 2.09. The van der Waals surface area contributed by atoms with Crippen LogP contribution in [0.2, 0.25) is 0 Å². The Bertz CT molecular complexity index is 630. The van der Waals surface area contributed by atoms with Crippen LogP contribution >= 0.6 is 11.3 Å². The van der Waals surface area contributed by atoms with Gasteiger partial charge in [0, 0.05) is 25.4 Å². The lowest BCUT2D eigenvalue weighted by atomic mass is 10.2. The predicted octanol–water partition coefficient (Wildman–Crippen LogP) is 2.61. The molecule has 7 nitrogen and oxygen atoms in total. The van der Waals surface area contributed by atoms with E-state index >= 15 is 0 Å². The SMILES string of the molecule is CNc1ncc(Oc2ccc(NC(N)=O)cc2COC)s1. The third kappa shape index (κ3) is 4.07. The minimum absolute atomic E-state index is 0.349. The standard InChI is InChI=1S/C13H16N4O3S/c1-15-13-16-6-11(21-13)20-10-4-3-9(17-12(14)18)5-8(10)7-19-2/h3-6H,7H2,1-2H3,(H,15,16)(H3,14,17,18). The molecular formula is C13H16N4O3S. The first-order valence-corrected chi connectivity index (χ1v) is 6.93. The van der Waals surface area contributed by atoms with Gasteiger partial charge in [0.2, 0.25) is 5.06 Å². The first-order valence-electron chi connectivity index (χ1n) is 6.12. The second kappa shape index (κ2) is 6.91. The zero-order valence-electron chi connectivity index (χ0n) is 11.7. The third-order valence-corrected chi connectivity index (χ3v) is 3.43. The van der Waals surface area contributed by atoms with E-state index in [4.69, 9.17) is 15.2 Å². The summed E-state index contributed by atoms with van der Waals surface area (Å²) in [6.45, 7) is 0.349. The molecule has 2 aromatic rings. The van der Waals surface area contributed by atoms with Crippen molar-refractivity contribution in [2.45, 2.75) is 6.61 Å². The van der Waals surface area contributed by atoms with Crippen molar-refractivity contribution in [3.05, 3.63) is 30.0 Å². The van der Waals surface area contributed by atoms with Crippen LogP contribution in [0.5, 0.6) is 10.8 Å². The molecule has 0 spiro atoms. The molecular weight excluding hydrogens is 292 g/mol. The van der Waals surface area contributed by atoms with Crippen molar-refractivity contribution in [2.75, 3.05) is 24.8 Å². The first-order chi connectivity index (χ1) is 10.1. The Balaban J connectivity index is 2.22. The van der Waals surface area contributed by atoms with Gasteiger partial charge in [-0.3, -0.25) is 0 Å². The van der Waals surface area contributed by atoms with Gasteiger partial charge in [0.1, 0.15) is 5.75 Å². The largest absolute Gasteiger partial charge is 0.445 e. The summed E-state index contributed by atoms with van der Waals surface area (Å²) in [4.78, 5) is 15.0. The molecule has 0 saturated carbocycles. The third-order valence-electron chi connectivity index (χ3n) is 2.54. The number of rotatable bonds is 6. The number of amides is 2. The van der Waals surface area contributed by atoms with Crippen LogP contribution < -0.4 is 21.1 Å². The van der Waals surface area contributed by atoms with E-state index in [1.807, 2.05) is 0 Å². The molecule has 0 unspecified atom stereocenters. The predicted molar refractivity (Wildman–Crippen MR) is 82.1 cm³/mol. The number of aromatic nitrogens is 1. The number of ether oxygens (including phenoxy) is 2. The molecule has 0 saturated heterocycles. The second-order valence-electron chi connectivity index (χ2n) is 4.08. The molecule has 1 aromatic carbocycles. The van der Waals surface area contributed by atoms with E-state index in [2.05, 4.69) is 15.6 Å². The van der Waals surface area contributed by atoms with Crippen molar-refractivity contribution in [3.63, 3.8) is 0 Å². The second-order valence-corrected chi connectivity index (χ2v) is 5.07. The summed E-state index contributed by atoms with van der Waals surface area (Å²) in [5.74, 6) is 0.637. The Labute approximate surface area is 126 Å². The number of urea groups is 1. The van der Waals surface area contributed by atoms with Crippen molar-refractivity contribution >= 4 is 28.2 Å². The topological polar surface area (TPSA) is 98.5 Å². The highest BCUT2D eigenvalue weighted by Crippen LogP contribution is 2.33. The van der Waals surface area contributed by atoms with Crippen molar-refractivity contribution in [2.24, 2.45) is 5.73 Å². The highest BCUT2D eigenvalue weighted by atomic mass is 32.1. The van der Waals surface area contributed by atoms with Crippen LogP contribution in [-0.2, 0) is 11.3 Å². The van der Waals surface area contributed by atoms with Crippen molar-refractivity contribution in [3.8, 4) is 10.8 Å². The number of nitrogens with two attached hydrogens (primary N) is 1. The molecule has 0 bridgehead atoms. The summed E-state index contributed by atoms with van der Waals surface area (Å²) in [5, 5.41) is 6.89. The molecule has 4 N–H and O–H groups in total. The van der Waals surface area contributed by atoms with Gasteiger partial charge in [0.05, 0.1) is 12.8 Å². The van der Waals surface area contributed by atoms with E-state index in [0.29, 0.717) is 23.1 Å². The quantitative estimate of drug-likeness (QED) is 0.762. The van der Waals surface area contributed by atoms with Crippen LogP contribution in [0.3, 0.4) is 0 Å². The minimum Gasteiger partial charge on any atom is -0.445 e. The maximum absolute atomic E-state index is 10.9. The summed E-state index contributed by atoms with van der Waals surface area (Å²) in [7, 11) is 3.38. The Kier molecular flexibility index (Phi) is 4.96. The van der Waals surface area contributed by atoms with Gasteiger partial charge in [0.25, 0.3) is 0 Å². The molecule has 2 amide bonds. The van der Waals surface area contributed by atoms with Gasteiger partial charge in [0.15, 0.2) is 5.13 Å². The zero-order valence-corrected chi connectivity index (χ0v) is 12.5. The molecule has 1 heterocycles. The van der Waals surface area contributed by atoms with Gasteiger partial charge in [-0.15, -0.1) is 0 Å². The minimum atomic E-state index is -0.617. The van der Waals surface area contributed by atoms with Crippen molar-refractivity contribution in [1.29, 1.82) is 0 Å². The zero-order chi connectivity index (χ0) is 15.2. The summed E-state index contributed by atoms with van der Waals surface area (Å²) >= 11 is 1.39. The summed E-state index contributed by atoms with van der Waals surface area (Å²) in [5.41, 5.74) is 6.48. The Hall–Kier alpha value is -2.32. The number of nitrogens with one attached hydrogen (secondary N) is 2. The molecule has 1 aromatic heterocycles. The number of carbonyl (C=O) groups is 1. The van der Waals surface area contributed by atoms with Crippen LogP contribution in [0.1, 0.15) is 5.56 Å². The number of anilines is 2. The number of carbonyl (C=O) groups excluding carboxylic acids is 1. The van der Waals surface area contributed by atoms with E-state index in [-0.39, 0.29) is 0 Å². The molecule has 8 heteroatoms. The molecule has 112 valence electrons. The van der Waals surface area contributed by atoms with Crippen LogP contribution in [0.25, 0.3) is 0 Å². The van der Waals surface area contributed by atoms with Crippen molar-refractivity contribution in [1.82, 2.24) is 4.98 Å². The lowest BCUT2D eigenvalue weighted by molar-refractivity contribution is 0.182. The number of benzene rings is 1. The van der Waals surface area contributed by atoms with Gasteiger partial charge in [-0.05, 0) is 18.2 Å². The molecule has 2 rings (SSSR count). The molecule has 0 atom stereocenters. The Morgan fingerprint density at radius 3 is 2.90 bits per heavy atom. The first kappa shape index (κ1) is 15.1. The fraction of sp³-hybridized carbons (Fsp3) is 0.231. The average molecular weight is 308 g/mol. The lowest BCUT2D eigenvalue weighted by Gasteiger charge is -2.11. The van der Waals surface area contributed by atoms with Crippen LogP contribution in [-0.4, -0.2) is 25.2 Å². The fourth-order valence-corrected chi connectivity index (χ4v) is 2.33. The molecule has 0 fully saturated rings. The molecule has 0 aliphatic rings. The van der Waals surface area contributed by atoms with Gasteiger partial charge in [-0.2, -0.15) is 0 Å². The average Bonchev–Trinajstić information content (AvgIpc) is 2.89. The summed E-state index contributed by atoms with van der Waals surface area (Å²) in [6.07, 6.45) is 1.64. The number of methoxy groups -OCH3 is 1. The van der Waals surface area contributed by atoms with Crippen LogP contribution in [0.4, 0.5) is 15.6 Å². The van der Waals surface area contributed by atoms with Gasteiger partial charge in [-0.1, -0.05) is 11.3 Å². The maximum Gasteiger partial charge on any atom is 0.316 e. The van der Waals surface area contributed by atoms with Gasteiger partial charge >= 0.3 is 6.03 Å². The number of thiazole rings is 1. The van der Waals surface area contributed by atoms with Gasteiger partial charge in [-0.25, -0.2) is 9.78 Å². The smallest absolute Gasteiger partial charge is 0.316 e. The fourth-order valence-electron chi connectivity index (χ4n) is 1.70. The molecule has 0 aliphatic carbocycles. The Morgan fingerprint density at radius 1 is 1.48 bits per heavy atom. The van der Waals surface area contributed by atoms with Gasteiger partial charge < -0.3 is 25.8 Å². The number of hydrogen-bond donors (Lipinski definition) is 3. The van der Waals surface area contributed by atoms with Crippen LogP contribution in [0.15, 0.2) is 24.4 Å². The van der Waals surface area contributed by atoms with E-state index in [1.165, 1.54) is 11.3 Å². The molecule has 0 aliphatic heterocycles. The lowest BCUT2D eigenvalue weighted by Crippen LogP contribution is -2.19. The number of nitrogens with zero attached hydrogens (tertiary/aromatic N) is 1. The molecule has 0 radical (unpaired) electrons. The monoisotopic (exact) mass is 308 g/mol. The number of hydrogen-bond acceptors (Lipinski definition) is 6. The van der Waals surface area contributed by atoms with E-state index in [1.54, 1.807) is 38.6 Å². The summed E-state index contributed by atoms with van der Waals surface area (Å²) < 4.78 is 10.9. The normalized spacial score (nSPS) is 10.2. The van der Waals surface area contributed by atoms with Crippen molar-refractivity contribution < 1.29 is 14.3 Å². The maximum atomic E-state index is 10.9. The van der Waals surface area contributed by atoms with E-state index in [0.717, 1.165) is 10.7 Å². The van der Waals surface area contributed by atoms with E-state index < -0.39 is 6.03 Å². The molecule has 21 heavy (non-hydrogen) atoms. The number of primary amides is 1. The summed E-state index contributed by atoms with van der Waals surface area (Å²) in [6, 6.07) is 4.59.